The summed E-state index contributed by atoms with van der Waals surface area (Å²) in [6, 6.07) is 0. The number of amides is 1. The van der Waals surface area contributed by atoms with E-state index >= 15 is 0 Å². The number of nitrogens with zero attached hydrogens (tertiary/aromatic N) is 1. The normalized spacial score (nSPS) is 29.9. The molecule has 1 amide bonds. The zero-order valence-corrected chi connectivity index (χ0v) is 9.05. The van der Waals surface area contributed by atoms with Gasteiger partial charge in [0.2, 0.25) is 5.91 Å². The zero-order valence-electron chi connectivity index (χ0n) is 9.05. The first-order valence-electron chi connectivity index (χ1n) is 5.41. The highest BCUT2D eigenvalue weighted by Gasteiger charge is 2.21. The first-order chi connectivity index (χ1) is 6.13. The van der Waals surface area contributed by atoms with Crippen LogP contribution in [0, 0.1) is 11.8 Å². The number of carbonyl (C=O) groups excluding carboxylic acids is 1. The fraction of sp³-hybridized carbons (Fsp3) is 0.909. The average molecular weight is 183 g/mol. The smallest absolute Gasteiger partial charge is 0.222 e. The van der Waals surface area contributed by atoms with E-state index in [9.17, 15) is 4.79 Å². The molecule has 2 nitrogen and oxygen atoms in total. The molecule has 76 valence electrons. The Kier molecular flexibility index (Phi) is 3.76. The number of rotatable bonds is 1. The molecule has 1 fully saturated rings. The Bertz CT molecular complexity index is 179. The van der Waals surface area contributed by atoms with E-state index in [-0.39, 0.29) is 0 Å². The van der Waals surface area contributed by atoms with Crippen LogP contribution in [0.4, 0.5) is 0 Å². The molecule has 0 radical (unpaired) electrons. The Hall–Kier alpha value is -0.530. The summed E-state index contributed by atoms with van der Waals surface area (Å²) in [6.07, 6.45) is 3.10. The molecule has 2 atom stereocenters. The summed E-state index contributed by atoms with van der Waals surface area (Å²) in [7, 11) is 0. The topological polar surface area (TPSA) is 20.3 Å². The maximum atomic E-state index is 11.5. The molecule has 0 N–H and O–H groups in total. The van der Waals surface area contributed by atoms with E-state index in [0.29, 0.717) is 18.2 Å². The van der Waals surface area contributed by atoms with Gasteiger partial charge in [-0.05, 0) is 24.7 Å². The van der Waals surface area contributed by atoms with Crippen LogP contribution < -0.4 is 0 Å². The van der Waals surface area contributed by atoms with Crippen LogP contribution in [0.2, 0.25) is 0 Å². The molecule has 0 aromatic rings. The number of hydrogen-bond donors (Lipinski definition) is 0. The van der Waals surface area contributed by atoms with E-state index < -0.39 is 0 Å². The molecule has 13 heavy (non-hydrogen) atoms. The predicted octanol–water partition coefficient (Wildman–Crippen LogP) is 2.29. The van der Waals surface area contributed by atoms with Gasteiger partial charge in [-0.1, -0.05) is 20.8 Å². The van der Waals surface area contributed by atoms with Crippen LogP contribution in [0.15, 0.2) is 0 Å². The molecule has 0 aromatic carbocycles. The van der Waals surface area contributed by atoms with Crippen LogP contribution in [-0.2, 0) is 4.79 Å². The Morgan fingerprint density at radius 1 is 1.38 bits per heavy atom. The Morgan fingerprint density at radius 3 is 2.69 bits per heavy atom. The van der Waals surface area contributed by atoms with Gasteiger partial charge in [-0.25, -0.2) is 0 Å². The van der Waals surface area contributed by atoms with Gasteiger partial charge in [-0.3, -0.25) is 4.79 Å². The van der Waals surface area contributed by atoms with Gasteiger partial charge in [0.05, 0.1) is 0 Å². The van der Waals surface area contributed by atoms with Gasteiger partial charge in [0.25, 0.3) is 0 Å². The molecule has 2 unspecified atom stereocenters. The van der Waals surface area contributed by atoms with Crippen molar-refractivity contribution in [2.24, 2.45) is 11.8 Å². The molecule has 1 aliphatic heterocycles. The summed E-state index contributed by atoms with van der Waals surface area (Å²) in [4.78, 5) is 13.5. The second-order valence-corrected chi connectivity index (χ2v) is 4.43. The first kappa shape index (κ1) is 10.6. The van der Waals surface area contributed by atoms with Gasteiger partial charge in [-0.2, -0.15) is 0 Å². The molecule has 0 aliphatic carbocycles. The van der Waals surface area contributed by atoms with Crippen molar-refractivity contribution in [2.75, 3.05) is 13.1 Å². The summed E-state index contributed by atoms with van der Waals surface area (Å²) < 4.78 is 0. The molecule has 1 rings (SSSR count). The van der Waals surface area contributed by atoms with Gasteiger partial charge in [0.15, 0.2) is 0 Å². The summed E-state index contributed by atoms with van der Waals surface area (Å²) >= 11 is 0. The van der Waals surface area contributed by atoms with Crippen molar-refractivity contribution in [3.05, 3.63) is 0 Å². The summed E-state index contributed by atoms with van der Waals surface area (Å²) in [5, 5.41) is 0. The quantitative estimate of drug-likeness (QED) is 0.611. The highest BCUT2D eigenvalue weighted by Crippen LogP contribution is 2.21. The second kappa shape index (κ2) is 4.64. The molecule has 0 aromatic heterocycles. The highest BCUT2D eigenvalue weighted by atomic mass is 16.2. The fourth-order valence-electron chi connectivity index (χ4n) is 2.17. The van der Waals surface area contributed by atoms with E-state index in [1.165, 1.54) is 12.8 Å². The Morgan fingerprint density at radius 2 is 2.08 bits per heavy atom. The van der Waals surface area contributed by atoms with Crippen molar-refractivity contribution >= 4 is 5.91 Å². The monoisotopic (exact) mass is 183 g/mol. The van der Waals surface area contributed by atoms with Crippen LogP contribution in [0.3, 0.4) is 0 Å². The first-order valence-corrected chi connectivity index (χ1v) is 5.41. The largest absolute Gasteiger partial charge is 0.342 e. The lowest BCUT2D eigenvalue weighted by atomic mass is 9.97. The minimum absolute atomic E-state index is 0.320. The van der Waals surface area contributed by atoms with Crippen molar-refractivity contribution in [2.45, 2.75) is 40.0 Å². The summed E-state index contributed by atoms with van der Waals surface area (Å²) in [6.45, 7) is 8.42. The van der Waals surface area contributed by atoms with Crippen molar-refractivity contribution < 1.29 is 4.79 Å². The minimum atomic E-state index is 0.320. The van der Waals surface area contributed by atoms with Gasteiger partial charge < -0.3 is 4.90 Å². The minimum Gasteiger partial charge on any atom is -0.342 e. The van der Waals surface area contributed by atoms with E-state index in [2.05, 4.69) is 13.8 Å². The van der Waals surface area contributed by atoms with Crippen LogP contribution in [0.1, 0.15) is 40.0 Å². The highest BCUT2D eigenvalue weighted by molar-refractivity contribution is 5.75. The van der Waals surface area contributed by atoms with E-state index in [1.54, 1.807) is 0 Å². The molecule has 1 aliphatic rings. The van der Waals surface area contributed by atoms with E-state index in [4.69, 9.17) is 0 Å². The number of likely N-dealkylation sites (tertiary alicyclic amines) is 1. The standard InChI is InChI=1S/C11H21NO/c1-4-11(13)12-6-5-9(2)7-10(3)8-12/h9-10H,4-8H2,1-3H3. The van der Waals surface area contributed by atoms with Crippen molar-refractivity contribution in [3.63, 3.8) is 0 Å². The zero-order chi connectivity index (χ0) is 9.84. The van der Waals surface area contributed by atoms with Crippen molar-refractivity contribution in [1.82, 2.24) is 4.90 Å². The van der Waals surface area contributed by atoms with Crippen LogP contribution >= 0.6 is 0 Å². The molecule has 0 spiro atoms. The summed E-state index contributed by atoms with van der Waals surface area (Å²) in [5.41, 5.74) is 0. The van der Waals surface area contributed by atoms with Crippen LogP contribution in [0.5, 0.6) is 0 Å². The average Bonchev–Trinajstić information content (AvgIpc) is 2.25. The summed E-state index contributed by atoms with van der Waals surface area (Å²) in [5.74, 6) is 1.78. The second-order valence-electron chi connectivity index (χ2n) is 4.43. The third-order valence-electron chi connectivity index (χ3n) is 2.88. The lowest BCUT2D eigenvalue weighted by molar-refractivity contribution is -0.131. The maximum absolute atomic E-state index is 11.5. The van der Waals surface area contributed by atoms with Crippen LogP contribution in [-0.4, -0.2) is 23.9 Å². The van der Waals surface area contributed by atoms with Crippen LogP contribution in [0.25, 0.3) is 0 Å². The van der Waals surface area contributed by atoms with Gasteiger partial charge in [0, 0.05) is 19.5 Å². The molecular weight excluding hydrogens is 162 g/mol. The third-order valence-corrected chi connectivity index (χ3v) is 2.88. The lowest BCUT2D eigenvalue weighted by Gasteiger charge is -2.21. The molecule has 1 heterocycles. The third kappa shape index (κ3) is 3.02. The molecular formula is C11H21NO. The SMILES string of the molecule is CCC(=O)N1CCC(C)CC(C)C1. The molecule has 0 bridgehead atoms. The van der Waals surface area contributed by atoms with Gasteiger partial charge in [-0.15, -0.1) is 0 Å². The van der Waals surface area contributed by atoms with E-state index in [1.807, 2.05) is 11.8 Å². The molecule has 2 heteroatoms. The fourth-order valence-corrected chi connectivity index (χ4v) is 2.17. The Balaban J connectivity index is 2.52. The van der Waals surface area contributed by atoms with E-state index in [0.717, 1.165) is 19.0 Å². The number of hydrogen-bond acceptors (Lipinski definition) is 1. The van der Waals surface area contributed by atoms with Crippen molar-refractivity contribution in [1.29, 1.82) is 0 Å². The maximum Gasteiger partial charge on any atom is 0.222 e. The van der Waals surface area contributed by atoms with Gasteiger partial charge in [0.1, 0.15) is 0 Å². The molecule has 1 saturated heterocycles. The lowest BCUT2D eigenvalue weighted by Crippen LogP contribution is -2.33. The predicted molar refractivity (Wildman–Crippen MR) is 54.4 cm³/mol. The Labute approximate surface area is 81.3 Å². The van der Waals surface area contributed by atoms with Gasteiger partial charge >= 0.3 is 0 Å². The number of carbonyl (C=O) groups is 1. The molecule has 0 saturated carbocycles. The van der Waals surface area contributed by atoms with Crippen molar-refractivity contribution in [3.8, 4) is 0 Å².